The summed E-state index contributed by atoms with van der Waals surface area (Å²) in [5.41, 5.74) is 7.62. The number of esters is 1. The van der Waals surface area contributed by atoms with Crippen LogP contribution >= 0.6 is 0 Å². The number of phenols is 1. The van der Waals surface area contributed by atoms with Gasteiger partial charge in [-0.1, -0.05) is 44.4 Å². The van der Waals surface area contributed by atoms with Crippen LogP contribution in [0.25, 0.3) is 0 Å². The van der Waals surface area contributed by atoms with E-state index in [1.165, 1.54) is 13.3 Å². The molecule has 10 atom stereocenters. The van der Waals surface area contributed by atoms with Gasteiger partial charge in [0.1, 0.15) is 12.2 Å². The van der Waals surface area contributed by atoms with Gasteiger partial charge in [0.25, 0.3) is 0 Å². The van der Waals surface area contributed by atoms with Crippen molar-refractivity contribution in [3.05, 3.63) is 23.3 Å². The Morgan fingerprint density at radius 2 is 1.88 bits per heavy atom. The molecule has 0 aromatic heterocycles. The van der Waals surface area contributed by atoms with Crippen LogP contribution in [-0.4, -0.2) is 114 Å². The van der Waals surface area contributed by atoms with Crippen molar-refractivity contribution in [3.8, 4) is 23.3 Å². The maximum Gasteiger partial charge on any atom is 0.302 e. The maximum atomic E-state index is 12.8. The highest BCUT2D eigenvalue weighted by Gasteiger charge is 2.43. The molecule has 6 aliphatic heterocycles. The number of hydrogen-bond donors (Lipinski definition) is 6. The first-order valence-corrected chi connectivity index (χ1v) is 22.3. The average Bonchev–Trinajstić information content (AvgIpc) is 3.19. The molecule has 7 N–H and O–H groups in total. The van der Waals surface area contributed by atoms with E-state index in [1.807, 2.05) is 6.07 Å². The van der Waals surface area contributed by atoms with Gasteiger partial charge in [0.15, 0.2) is 17.5 Å². The molecule has 12 heteroatoms. The average molecular weight is 791 g/mol. The molecule has 0 radical (unpaired) electrons. The van der Waals surface area contributed by atoms with Gasteiger partial charge in [-0.2, -0.15) is 0 Å². The Morgan fingerprint density at radius 1 is 1.07 bits per heavy atom. The van der Waals surface area contributed by atoms with Crippen LogP contribution < -0.4 is 21.1 Å². The van der Waals surface area contributed by atoms with E-state index in [9.17, 15) is 20.1 Å². The zero-order valence-electron chi connectivity index (χ0n) is 34.6. The first-order chi connectivity index (χ1) is 27.6. The quantitative estimate of drug-likeness (QED) is 0.140. The number of carbonyl (C=O) groups is 1. The van der Waals surface area contributed by atoms with E-state index >= 15 is 0 Å². The number of carbonyl (C=O) groups excluding carboxylic acids is 1. The lowest BCUT2D eigenvalue weighted by atomic mass is 9.67. The Bertz CT molecular complexity index is 1600. The molecule has 8 bridgehead atoms. The number of aliphatic hydroxyl groups is 2. The van der Waals surface area contributed by atoms with Gasteiger partial charge >= 0.3 is 5.97 Å². The van der Waals surface area contributed by atoms with Gasteiger partial charge in [0.2, 0.25) is 0 Å². The van der Waals surface area contributed by atoms with Gasteiger partial charge in [0.05, 0.1) is 24.8 Å². The lowest BCUT2D eigenvalue weighted by Crippen LogP contribution is -2.54. The second-order valence-corrected chi connectivity index (χ2v) is 18.5. The third-order valence-corrected chi connectivity index (χ3v) is 14.1. The Balaban J connectivity index is 1.34. The maximum absolute atomic E-state index is 12.8. The van der Waals surface area contributed by atoms with E-state index < -0.39 is 17.6 Å². The van der Waals surface area contributed by atoms with Crippen LogP contribution in [-0.2, 0) is 22.6 Å². The van der Waals surface area contributed by atoms with Crippen molar-refractivity contribution in [3.63, 3.8) is 0 Å². The van der Waals surface area contributed by atoms with Crippen molar-refractivity contribution in [1.82, 2.24) is 20.4 Å². The van der Waals surface area contributed by atoms with Crippen molar-refractivity contribution in [2.75, 3.05) is 52.5 Å². The Hall–Kier alpha value is -3.08. The SMILES string of the molecule is CCCCCC1CN2CC3CC(CN(CN=C(N)NCC14C#CC1CCCC5CC(CCN5)Oc5cc(c(CO)cc5O)CC1C(OC(C)=O)CC(O)CC4)C3)C2. The number of ether oxygens (including phenoxy) is 2. The Labute approximate surface area is 340 Å². The number of hydrogen-bond acceptors (Lipinski definition) is 12. The third-order valence-electron chi connectivity index (χ3n) is 14.1. The number of unbranched alkanes of at least 4 members (excludes halogenated alkanes) is 2. The van der Waals surface area contributed by atoms with Gasteiger partial charge in [0, 0.05) is 70.5 Å². The summed E-state index contributed by atoms with van der Waals surface area (Å²) in [5, 5.41) is 40.9. The Kier molecular flexibility index (Phi) is 14.3. The standard InChI is InChI=1S/C45H70N6O6/c1-3-4-5-8-36-26-50-22-31-16-32(23-50)25-51(24-31)29-49-44(46)48-28-45(36)13-10-33-7-6-9-37-20-39(12-15-47-37)57-43-19-34(35(27-52)18-41(43)55)17-40(33)42(56-30(2)53)21-38(54)11-14-45/h18-19,31-33,36-40,42,47,52,54-55H,3-9,11-12,14-17,20-29H2,1-2H3,(H3,46,48,49). The van der Waals surface area contributed by atoms with Crippen LogP contribution in [0.3, 0.4) is 0 Å². The molecule has 1 spiro atoms. The van der Waals surface area contributed by atoms with Crippen LogP contribution in [0, 0.1) is 46.8 Å². The molecular formula is C45H70N6O6. The zero-order valence-corrected chi connectivity index (χ0v) is 34.6. The number of nitrogens with two attached hydrogens (primary N) is 1. The predicted molar refractivity (Wildman–Crippen MR) is 221 cm³/mol. The molecule has 6 heterocycles. The number of benzene rings is 1. The topological polar surface area (TPSA) is 165 Å². The molecule has 316 valence electrons. The first-order valence-electron chi connectivity index (χ1n) is 22.3. The summed E-state index contributed by atoms with van der Waals surface area (Å²) in [6.07, 6.45) is 10.7. The van der Waals surface area contributed by atoms with Gasteiger partial charge in [-0.25, -0.2) is 4.99 Å². The highest BCUT2D eigenvalue weighted by atomic mass is 16.5. The van der Waals surface area contributed by atoms with E-state index in [1.54, 1.807) is 6.07 Å². The summed E-state index contributed by atoms with van der Waals surface area (Å²) in [7, 11) is 0. The fourth-order valence-corrected chi connectivity index (χ4v) is 11.3. The number of nitrogens with one attached hydrogen (secondary N) is 2. The second-order valence-electron chi connectivity index (χ2n) is 18.5. The molecule has 12 nitrogen and oxygen atoms in total. The zero-order chi connectivity index (χ0) is 39.9. The molecule has 8 rings (SSSR count). The van der Waals surface area contributed by atoms with E-state index in [4.69, 9.17) is 20.2 Å². The number of guanidine groups is 1. The number of piperidine rings is 3. The number of aliphatic imine (C=N–C) groups is 1. The normalized spacial score (nSPS) is 37.3. The fraction of sp³-hybridized carbons (Fsp3) is 0.778. The summed E-state index contributed by atoms with van der Waals surface area (Å²) >= 11 is 0. The minimum Gasteiger partial charge on any atom is -0.504 e. The van der Waals surface area contributed by atoms with Gasteiger partial charge in [-0.3, -0.25) is 9.69 Å². The van der Waals surface area contributed by atoms with Crippen LogP contribution in [0.2, 0.25) is 0 Å². The van der Waals surface area contributed by atoms with Gasteiger partial charge in [-0.05, 0) is 105 Å². The first kappa shape index (κ1) is 42.1. The van der Waals surface area contributed by atoms with Crippen molar-refractivity contribution >= 4 is 11.9 Å². The molecule has 3 saturated heterocycles. The fourth-order valence-electron chi connectivity index (χ4n) is 11.3. The number of aromatic hydroxyl groups is 1. The smallest absolute Gasteiger partial charge is 0.302 e. The van der Waals surface area contributed by atoms with E-state index in [-0.39, 0.29) is 48.2 Å². The lowest BCUT2D eigenvalue weighted by Gasteiger charge is -2.48. The highest BCUT2D eigenvalue weighted by molar-refractivity contribution is 5.77. The monoisotopic (exact) mass is 791 g/mol. The van der Waals surface area contributed by atoms with Crippen LogP contribution in [0.1, 0.15) is 108 Å². The number of fused-ring (bicyclic) bond motifs is 9. The van der Waals surface area contributed by atoms with Crippen molar-refractivity contribution < 1.29 is 29.6 Å². The number of phenolic OH excluding ortho intramolecular Hbond substituents is 1. The molecule has 0 saturated carbocycles. The van der Waals surface area contributed by atoms with Gasteiger partial charge in [-0.15, -0.1) is 0 Å². The highest BCUT2D eigenvalue weighted by Crippen LogP contribution is 2.43. The minimum absolute atomic E-state index is 0.0148. The third kappa shape index (κ3) is 10.8. The molecule has 10 unspecified atom stereocenters. The second kappa shape index (κ2) is 19.3. The summed E-state index contributed by atoms with van der Waals surface area (Å²) in [4.78, 5) is 22.9. The molecule has 1 aromatic carbocycles. The number of aliphatic hydroxyl groups excluding tert-OH is 2. The molecule has 3 fully saturated rings. The summed E-state index contributed by atoms with van der Waals surface area (Å²) in [6, 6.07) is 3.76. The van der Waals surface area contributed by atoms with E-state index in [0.717, 1.165) is 103 Å². The summed E-state index contributed by atoms with van der Waals surface area (Å²) in [5.74, 6) is 9.51. The molecule has 57 heavy (non-hydrogen) atoms. The van der Waals surface area contributed by atoms with Crippen LogP contribution in [0.4, 0.5) is 0 Å². The van der Waals surface area contributed by atoms with Crippen LogP contribution in [0.15, 0.2) is 17.1 Å². The predicted octanol–water partition coefficient (Wildman–Crippen LogP) is 4.13. The molecule has 7 aliphatic rings. The van der Waals surface area contributed by atoms with E-state index in [2.05, 4.69) is 39.2 Å². The molecule has 1 aliphatic carbocycles. The number of nitrogens with zero attached hydrogens (tertiary/aromatic N) is 3. The van der Waals surface area contributed by atoms with Crippen molar-refractivity contribution in [1.29, 1.82) is 0 Å². The summed E-state index contributed by atoms with van der Waals surface area (Å²) in [6.45, 7) is 10.7. The summed E-state index contributed by atoms with van der Waals surface area (Å²) < 4.78 is 12.7. The molecule has 0 amide bonds. The largest absolute Gasteiger partial charge is 0.504 e. The van der Waals surface area contributed by atoms with Crippen LogP contribution in [0.5, 0.6) is 11.5 Å². The van der Waals surface area contributed by atoms with E-state index in [0.29, 0.717) is 68.0 Å². The minimum atomic E-state index is -0.720. The molecule has 1 aromatic rings. The lowest BCUT2D eigenvalue weighted by molar-refractivity contribution is -0.152. The Morgan fingerprint density at radius 3 is 2.65 bits per heavy atom. The van der Waals surface area contributed by atoms with Crippen molar-refractivity contribution in [2.24, 2.45) is 45.7 Å². The van der Waals surface area contributed by atoms with Crippen molar-refractivity contribution in [2.45, 2.75) is 135 Å². The van der Waals surface area contributed by atoms with Gasteiger partial charge < -0.3 is 46.1 Å². The number of rotatable bonds is 6. The molecular weight excluding hydrogens is 721 g/mol.